The van der Waals surface area contributed by atoms with Gasteiger partial charge in [-0.2, -0.15) is 0 Å². The number of likely N-dealkylation sites (tertiary alicyclic amines) is 1. The molecule has 0 saturated carbocycles. The molecule has 16 heavy (non-hydrogen) atoms. The van der Waals surface area contributed by atoms with E-state index in [4.69, 9.17) is 9.47 Å². The van der Waals surface area contributed by atoms with Gasteiger partial charge in [0.05, 0.1) is 12.2 Å². The Labute approximate surface area is 98.3 Å². The van der Waals surface area contributed by atoms with Crippen LogP contribution in [0.1, 0.15) is 19.8 Å². The van der Waals surface area contributed by atoms with E-state index in [1.807, 2.05) is 0 Å². The van der Waals surface area contributed by atoms with Crippen LogP contribution in [0.25, 0.3) is 0 Å². The smallest absolute Gasteiger partial charge is 0.0971 e. The van der Waals surface area contributed by atoms with Gasteiger partial charge in [0.1, 0.15) is 0 Å². The molecule has 0 aromatic carbocycles. The molecule has 0 aromatic rings. The Hall–Kier alpha value is -0.160. The zero-order valence-electron chi connectivity index (χ0n) is 10.7. The normalized spacial score (nSPS) is 40.7. The standard InChI is InChI=1S/C12H24N2O2/c1-12(5-4-6-13-12)9-14-7-10(15-2)11(8-14)16-3/h10-11,13H,4-9H2,1-3H3. The topological polar surface area (TPSA) is 33.7 Å². The average molecular weight is 228 g/mol. The van der Waals surface area contributed by atoms with Crippen LogP contribution in [0.5, 0.6) is 0 Å². The maximum atomic E-state index is 5.46. The van der Waals surface area contributed by atoms with E-state index >= 15 is 0 Å². The third-order valence-corrected chi connectivity index (χ3v) is 3.93. The highest BCUT2D eigenvalue weighted by Crippen LogP contribution is 2.23. The summed E-state index contributed by atoms with van der Waals surface area (Å²) < 4.78 is 10.9. The second-order valence-corrected chi connectivity index (χ2v) is 5.33. The van der Waals surface area contributed by atoms with Gasteiger partial charge in [-0.1, -0.05) is 0 Å². The molecule has 2 rings (SSSR count). The lowest BCUT2D eigenvalue weighted by Gasteiger charge is -2.30. The predicted molar refractivity (Wildman–Crippen MR) is 63.7 cm³/mol. The third kappa shape index (κ3) is 2.56. The Kier molecular flexibility index (Phi) is 3.85. The van der Waals surface area contributed by atoms with Crippen LogP contribution in [0.2, 0.25) is 0 Å². The number of hydrogen-bond acceptors (Lipinski definition) is 4. The fourth-order valence-corrected chi connectivity index (χ4v) is 2.99. The lowest BCUT2D eigenvalue weighted by Crippen LogP contribution is -2.47. The van der Waals surface area contributed by atoms with Crippen molar-refractivity contribution in [1.29, 1.82) is 0 Å². The van der Waals surface area contributed by atoms with E-state index in [0.717, 1.165) is 26.2 Å². The summed E-state index contributed by atoms with van der Waals surface area (Å²) in [6.07, 6.45) is 3.04. The van der Waals surface area contributed by atoms with E-state index in [2.05, 4.69) is 17.1 Å². The van der Waals surface area contributed by atoms with Gasteiger partial charge in [0.25, 0.3) is 0 Å². The highest BCUT2D eigenvalue weighted by atomic mass is 16.5. The summed E-state index contributed by atoms with van der Waals surface area (Å²) in [5.74, 6) is 0. The molecule has 2 aliphatic heterocycles. The Morgan fingerprint density at radius 1 is 1.25 bits per heavy atom. The molecule has 0 radical (unpaired) electrons. The lowest BCUT2D eigenvalue weighted by atomic mass is 10.00. The van der Waals surface area contributed by atoms with Gasteiger partial charge in [0, 0.05) is 39.4 Å². The van der Waals surface area contributed by atoms with Gasteiger partial charge >= 0.3 is 0 Å². The number of hydrogen-bond donors (Lipinski definition) is 1. The molecule has 0 aliphatic carbocycles. The second kappa shape index (κ2) is 5.00. The summed E-state index contributed by atoms with van der Waals surface area (Å²) >= 11 is 0. The van der Waals surface area contributed by atoms with E-state index in [9.17, 15) is 0 Å². The minimum Gasteiger partial charge on any atom is -0.377 e. The van der Waals surface area contributed by atoms with Gasteiger partial charge in [0.15, 0.2) is 0 Å². The Morgan fingerprint density at radius 2 is 1.88 bits per heavy atom. The molecule has 3 atom stereocenters. The van der Waals surface area contributed by atoms with E-state index < -0.39 is 0 Å². The number of ether oxygens (including phenoxy) is 2. The highest BCUT2D eigenvalue weighted by Gasteiger charge is 2.37. The van der Waals surface area contributed by atoms with Gasteiger partial charge in [0.2, 0.25) is 0 Å². The van der Waals surface area contributed by atoms with Crippen LogP contribution in [0.3, 0.4) is 0 Å². The van der Waals surface area contributed by atoms with Crippen LogP contribution in [0, 0.1) is 0 Å². The molecule has 0 amide bonds. The highest BCUT2D eigenvalue weighted by molar-refractivity contribution is 4.95. The maximum absolute atomic E-state index is 5.46. The van der Waals surface area contributed by atoms with E-state index in [1.54, 1.807) is 14.2 Å². The zero-order chi connectivity index (χ0) is 11.6. The zero-order valence-corrected chi connectivity index (χ0v) is 10.7. The van der Waals surface area contributed by atoms with Crippen molar-refractivity contribution >= 4 is 0 Å². The van der Waals surface area contributed by atoms with E-state index in [-0.39, 0.29) is 12.2 Å². The number of nitrogens with one attached hydrogen (secondary N) is 1. The molecular weight excluding hydrogens is 204 g/mol. The van der Waals surface area contributed by atoms with E-state index in [1.165, 1.54) is 12.8 Å². The Balaban J connectivity index is 1.87. The van der Waals surface area contributed by atoms with E-state index in [0.29, 0.717) is 5.54 Å². The van der Waals surface area contributed by atoms with Gasteiger partial charge in [-0.25, -0.2) is 0 Å². The molecule has 0 bridgehead atoms. The minimum absolute atomic E-state index is 0.231. The van der Waals surface area contributed by atoms with Crippen molar-refractivity contribution in [1.82, 2.24) is 10.2 Å². The van der Waals surface area contributed by atoms with Crippen molar-refractivity contribution in [3.8, 4) is 0 Å². The van der Waals surface area contributed by atoms with Crippen molar-refractivity contribution in [2.75, 3.05) is 40.4 Å². The number of methoxy groups -OCH3 is 2. The van der Waals surface area contributed by atoms with Crippen LogP contribution < -0.4 is 5.32 Å². The molecule has 2 heterocycles. The molecule has 1 N–H and O–H groups in total. The van der Waals surface area contributed by atoms with Gasteiger partial charge < -0.3 is 14.8 Å². The number of nitrogens with zero attached hydrogens (tertiary/aromatic N) is 1. The molecule has 4 nitrogen and oxygen atoms in total. The molecule has 2 fully saturated rings. The average Bonchev–Trinajstić information content (AvgIpc) is 2.85. The van der Waals surface area contributed by atoms with Gasteiger partial charge in [-0.3, -0.25) is 4.90 Å². The molecule has 0 spiro atoms. The van der Waals surface area contributed by atoms with Crippen LogP contribution >= 0.6 is 0 Å². The molecule has 0 aromatic heterocycles. The Morgan fingerprint density at radius 3 is 2.31 bits per heavy atom. The number of rotatable bonds is 4. The maximum Gasteiger partial charge on any atom is 0.0971 e. The van der Waals surface area contributed by atoms with Crippen LogP contribution in [-0.2, 0) is 9.47 Å². The molecule has 3 unspecified atom stereocenters. The first-order chi connectivity index (χ1) is 7.67. The Bertz CT molecular complexity index is 217. The van der Waals surface area contributed by atoms with Gasteiger partial charge in [-0.15, -0.1) is 0 Å². The molecule has 2 aliphatic rings. The summed E-state index contributed by atoms with van der Waals surface area (Å²) in [5.41, 5.74) is 0.293. The third-order valence-electron chi connectivity index (χ3n) is 3.93. The van der Waals surface area contributed by atoms with Crippen molar-refractivity contribution in [3.63, 3.8) is 0 Å². The van der Waals surface area contributed by atoms with Gasteiger partial charge in [-0.05, 0) is 26.3 Å². The summed E-state index contributed by atoms with van der Waals surface area (Å²) in [6.45, 7) is 6.57. The van der Waals surface area contributed by atoms with Crippen LogP contribution in [0.15, 0.2) is 0 Å². The predicted octanol–water partition coefficient (Wildman–Crippen LogP) is 0.474. The van der Waals surface area contributed by atoms with Crippen LogP contribution in [-0.4, -0.2) is 63.0 Å². The van der Waals surface area contributed by atoms with Crippen molar-refractivity contribution < 1.29 is 9.47 Å². The molecule has 94 valence electrons. The largest absolute Gasteiger partial charge is 0.377 e. The first kappa shape index (κ1) is 12.3. The van der Waals surface area contributed by atoms with Crippen LogP contribution in [0.4, 0.5) is 0 Å². The van der Waals surface area contributed by atoms with Crippen molar-refractivity contribution in [2.24, 2.45) is 0 Å². The SMILES string of the molecule is COC1CN(CC2(C)CCCN2)CC1OC. The monoisotopic (exact) mass is 228 g/mol. The summed E-state index contributed by atoms with van der Waals surface area (Å²) in [5, 5.41) is 3.60. The molecule has 2 saturated heterocycles. The van der Waals surface area contributed by atoms with Crippen molar-refractivity contribution in [3.05, 3.63) is 0 Å². The summed E-state index contributed by atoms with van der Waals surface area (Å²) in [7, 11) is 3.55. The first-order valence-electron chi connectivity index (χ1n) is 6.20. The first-order valence-corrected chi connectivity index (χ1v) is 6.20. The fraction of sp³-hybridized carbons (Fsp3) is 1.00. The summed E-state index contributed by atoms with van der Waals surface area (Å²) in [6, 6.07) is 0. The molecular formula is C12H24N2O2. The molecule has 4 heteroatoms. The summed E-state index contributed by atoms with van der Waals surface area (Å²) in [4.78, 5) is 2.46. The van der Waals surface area contributed by atoms with Crippen molar-refractivity contribution in [2.45, 2.75) is 37.5 Å². The second-order valence-electron chi connectivity index (χ2n) is 5.33. The lowest BCUT2D eigenvalue weighted by molar-refractivity contribution is -0.00461. The quantitative estimate of drug-likeness (QED) is 0.758. The minimum atomic E-state index is 0.231. The fourth-order valence-electron chi connectivity index (χ4n) is 2.99.